The molecule has 4 rings (SSSR count). The summed E-state index contributed by atoms with van der Waals surface area (Å²) in [7, 11) is 0. The van der Waals surface area contributed by atoms with E-state index in [2.05, 4.69) is 80.3 Å². The van der Waals surface area contributed by atoms with Crippen LogP contribution in [0.15, 0.2) is 124 Å². The van der Waals surface area contributed by atoms with Crippen molar-refractivity contribution in [3.63, 3.8) is 0 Å². The van der Waals surface area contributed by atoms with Crippen molar-refractivity contribution >= 4 is 0 Å². The standard InChI is InChI=1S/C24H28.C5H4.C2H6/c1-19(21-9-5-3-6-10-21)13-14-20(2)22-15-17-24(18-16-22)23-11-7-4-8-12-23;1-2-4-5-3-1;1-2/h3-5,7,9,11,13-15,17H,6,8,10,12,16,18H2,1-2H3;1-4H;1-2H3/b19-13+,20-14+;;. The molecule has 0 aromatic heterocycles. The molecule has 0 saturated carbocycles. The van der Waals surface area contributed by atoms with E-state index in [1.54, 1.807) is 0 Å². The molecular weight excluding hydrogens is 372 g/mol. The Labute approximate surface area is 190 Å². The largest absolute Gasteiger partial charge is 0.121 e. The van der Waals surface area contributed by atoms with Gasteiger partial charge in [-0.25, -0.2) is 0 Å². The molecule has 0 N–H and O–H groups in total. The lowest BCUT2D eigenvalue weighted by atomic mass is 9.87. The Kier molecular flexibility index (Phi) is 11.2. The van der Waals surface area contributed by atoms with Crippen molar-refractivity contribution in [3.05, 3.63) is 124 Å². The fourth-order valence-electron chi connectivity index (χ4n) is 3.78. The molecule has 0 aliphatic heterocycles. The van der Waals surface area contributed by atoms with Crippen LogP contribution in [0, 0.1) is 0 Å². The summed E-state index contributed by atoms with van der Waals surface area (Å²) in [5, 5.41) is 0. The Morgan fingerprint density at radius 2 is 1.23 bits per heavy atom. The molecule has 4 aliphatic rings. The maximum absolute atomic E-state index is 2.86. The van der Waals surface area contributed by atoms with E-state index in [-0.39, 0.29) is 0 Å². The van der Waals surface area contributed by atoms with E-state index in [4.69, 9.17) is 0 Å². The molecule has 0 fully saturated rings. The number of rotatable bonds is 4. The van der Waals surface area contributed by atoms with Crippen LogP contribution in [0.5, 0.6) is 0 Å². The summed E-state index contributed by atoms with van der Waals surface area (Å²) in [5.74, 6) is 0. The molecule has 31 heavy (non-hydrogen) atoms. The van der Waals surface area contributed by atoms with E-state index >= 15 is 0 Å². The molecule has 0 nitrogen and oxygen atoms in total. The van der Waals surface area contributed by atoms with Crippen LogP contribution in [0.3, 0.4) is 0 Å². The van der Waals surface area contributed by atoms with E-state index in [0.29, 0.717) is 0 Å². The molecule has 0 atom stereocenters. The highest BCUT2D eigenvalue weighted by Crippen LogP contribution is 2.31. The minimum absolute atomic E-state index is 1.16. The topological polar surface area (TPSA) is 0 Å². The molecule has 0 heteroatoms. The van der Waals surface area contributed by atoms with Crippen LogP contribution in [-0.4, -0.2) is 0 Å². The van der Waals surface area contributed by atoms with E-state index < -0.39 is 0 Å². The Balaban J connectivity index is 0.000000420. The van der Waals surface area contributed by atoms with Gasteiger partial charge in [-0.05, 0) is 98.0 Å². The van der Waals surface area contributed by atoms with E-state index in [1.165, 1.54) is 65.5 Å². The Morgan fingerprint density at radius 3 is 1.68 bits per heavy atom. The van der Waals surface area contributed by atoms with Crippen LogP contribution in [0.2, 0.25) is 0 Å². The quantitative estimate of drug-likeness (QED) is 0.320. The van der Waals surface area contributed by atoms with Gasteiger partial charge >= 0.3 is 0 Å². The van der Waals surface area contributed by atoms with Gasteiger partial charge in [0.2, 0.25) is 0 Å². The molecule has 0 bridgehead atoms. The lowest BCUT2D eigenvalue weighted by Gasteiger charge is -2.18. The van der Waals surface area contributed by atoms with E-state index in [1.807, 2.05) is 38.2 Å². The zero-order chi connectivity index (χ0) is 22.3. The van der Waals surface area contributed by atoms with Gasteiger partial charge in [0.05, 0.1) is 0 Å². The first-order chi connectivity index (χ1) is 15.2. The van der Waals surface area contributed by atoms with Crippen LogP contribution in [-0.2, 0) is 0 Å². The number of allylic oxidation sites excluding steroid dienone is 19. The van der Waals surface area contributed by atoms with Crippen LogP contribution in [0.4, 0.5) is 0 Å². The zero-order valence-corrected chi connectivity index (χ0v) is 19.8. The van der Waals surface area contributed by atoms with Gasteiger partial charge in [0, 0.05) is 0 Å². The first-order valence-corrected chi connectivity index (χ1v) is 11.8. The third kappa shape index (κ3) is 8.44. The average Bonchev–Trinajstić information content (AvgIpc) is 3.45. The van der Waals surface area contributed by atoms with Gasteiger partial charge in [0.1, 0.15) is 0 Å². The fraction of sp³-hybridized carbons (Fsp3) is 0.323. The molecule has 0 unspecified atom stereocenters. The smallest absolute Gasteiger partial charge is 0.0200 e. The SMILES string of the molecule is C/C(=C\C=C(/C)C1=CC=C(C2=CC=CCC2)CC1)C1=CC=CCC1.C1=CC=CC=1.CC. The van der Waals surface area contributed by atoms with Crippen molar-refractivity contribution in [1.29, 1.82) is 0 Å². The van der Waals surface area contributed by atoms with Gasteiger partial charge in [0.25, 0.3) is 0 Å². The van der Waals surface area contributed by atoms with Crippen LogP contribution < -0.4 is 0 Å². The molecule has 0 saturated heterocycles. The predicted molar refractivity (Wildman–Crippen MR) is 139 cm³/mol. The summed E-state index contributed by atoms with van der Waals surface area (Å²) in [6, 6.07) is 0. The Bertz CT molecular complexity index is 926. The normalized spacial score (nSPS) is 19.5. The average molecular weight is 411 g/mol. The third-order valence-electron chi connectivity index (χ3n) is 5.68. The van der Waals surface area contributed by atoms with Gasteiger partial charge < -0.3 is 0 Å². The molecule has 0 aromatic rings. The van der Waals surface area contributed by atoms with Gasteiger partial charge in [-0.1, -0.05) is 86.8 Å². The molecule has 0 radical (unpaired) electrons. The fourth-order valence-corrected chi connectivity index (χ4v) is 3.78. The summed E-state index contributed by atoms with van der Waals surface area (Å²) >= 11 is 0. The lowest BCUT2D eigenvalue weighted by molar-refractivity contribution is 0.873. The van der Waals surface area contributed by atoms with Crippen molar-refractivity contribution in [3.8, 4) is 0 Å². The van der Waals surface area contributed by atoms with Crippen molar-refractivity contribution < 1.29 is 0 Å². The second kappa shape index (κ2) is 14.2. The molecule has 0 aromatic carbocycles. The van der Waals surface area contributed by atoms with Crippen LogP contribution >= 0.6 is 0 Å². The van der Waals surface area contributed by atoms with Crippen molar-refractivity contribution in [2.75, 3.05) is 0 Å². The summed E-state index contributed by atoms with van der Waals surface area (Å²) in [6.45, 7) is 8.47. The molecular formula is C31H38. The first kappa shape index (κ1) is 24.4. The summed E-state index contributed by atoms with van der Waals surface area (Å²) in [6.07, 6.45) is 37.4. The maximum atomic E-state index is 2.86. The van der Waals surface area contributed by atoms with Gasteiger partial charge in [-0.3, -0.25) is 0 Å². The van der Waals surface area contributed by atoms with Crippen LogP contribution in [0.1, 0.15) is 66.2 Å². The van der Waals surface area contributed by atoms with Crippen molar-refractivity contribution in [2.24, 2.45) is 0 Å². The monoisotopic (exact) mass is 410 g/mol. The van der Waals surface area contributed by atoms with Crippen molar-refractivity contribution in [1.82, 2.24) is 0 Å². The molecule has 162 valence electrons. The van der Waals surface area contributed by atoms with E-state index in [9.17, 15) is 0 Å². The Morgan fingerprint density at radius 1 is 0.645 bits per heavy atom. The summed E-state index contributed by atoms with van der Waals surface area (Å²) in [4.78, 5) is 0. The number of hydrogen-bond donors (Lipinski definition) is 0. The van der Waals surface area contributed by atoms with Crippen LogP contribution in [0.25, 0.3) is 0 Å². The lowest BCUT2D eigenvalue weighted by Crippen LogP contribution is -1.99. The zero-order valence-electron chi connectivity index (χ0n) is 19.8. The second-order valence-electron chi connectivity index (χ2n) is 7.79. The number of hydrogen-bond acceptors (Lipinski definition) is 0. The third-order valence-corrected chi connectivity index (χ3v) is 5.68. The summed E-state index contributed by atoms with van der Waals surface area (Å²) < 4.78 is 0. The summed E-state index contributed by atoms with van der Waals surface area (Å²) in [5.41, 5.74) is 11.7. The predicted octanol–water partition coefficient (Wildman–Crippen LogP) is 9.37. The highest BCUT2D eigenvalue weighted by molar-refractivity contribution is 5.46. The van der Waals surface area contributed by atoms with Crippen molar-refractivity contribution in [2.45, 2.75) is 66.2 Å². The second-order valence-corrected chi connectivity index (χ2v) is 7.79. The highest BCUT2D eigenvalue weighted by Gasteiger charge is 2.11. The maximum Gasteiger partial charge on any atom is -0.0200 e. The van der Waals surface area contributed by atoms with Gasteiger partial charge in [-0.15, -0.1) is 5.73 Å². The molecule has 0 amide bonds. The Hall–Kier alpha value is -2.82. The van der Waals surface area contributed by atoms with E-state index in [0.717, 1.165) is 6.42 Å². The minimum Gasteiger partial charge on any atom is -0.121 e. The van der Waals surface area contributed by atoms with Gasteiger partial charge in [-0.2, -0.15) is 0 Å². The highest BCUT2D eigenvalue weighted by atomic mass is 14.2. The molecule has 4 aliphatic carbocycles. The molecule has 0 spiro atoms. The minimum atomic E-state index is 1.16. The molecule has 0 heterocycles. The first-order valence-electron chi connectivity index (χ1n) is 11.8. The van der Waals surface area contributed by atoms with Gasteiger partial charge in [0.15, 0.2) is 0 Å².